The van der Waals surface area contributed by atoms with Gasteiger partial charge in [-0.3, -0.25) is 9.59 Å². The van der Waals surface area contributed by atoms with Gasteiger partial charge in [-0.15, -0.1) is 10.2 Å². The predicted octanol–water partition coefficient (Wildman–Crippen LogP) is 3.69. The first-order valence-electron chi connectivity index (χ1n) is 10.2. The predicted molar refractivity (Wildman–Crippen MR) is 115 cm³/mol. The number of hydrogen-bond donors (Lipinski definition) is 1. The minimum absolute atomic E-state index is 0.108. The Hall–Kier alpha value is -3.69. The van der Waals surface area contributed by atoms with Crippen molar-refractivity contribution < 1.29 is 18.4 Å². The van der Waals surface area contributed by atoms with Crippen LogP contribution in [0.5, 0.6) is 0 Å². The normalized spacial score (nSPS) is 17.3. The molecule has 1 fully saturated rings. The number of carbonyl (C=O) groups excluding carboxylic acids is 2. The first-order chi connectivity index (χ1) is 15.3. The lowest BCUT2D eigenvalue weighted by atomic mass is 10.1. The molecule has 1 N–H and O–H groups in total. The molecule has 1 aromatic carbocycles. The highest BCUT2D eigenvalue weighted by Gasteiger charge is 2.43. The molecule has 0 saturated heterocycles. The van der Waals surface area contributed by atoms with Gasteiger partial charge in [0.05, 0.1) is 11.6 Å². The van der Waals surface area contributed by atoms with E-state index in [4.69, 9.17) is 0 Å². The van der Waals surface area contributed by atoms with E-state index in [1.807, 2.05) is 18.4 Å². The van der Waals surface area contributed by atoms with Crippen LogP contribution in [0.4, 0.5) is 20.3 Å². The van der Waals surface area contributed by atoms with Gasteiger partial charge in [0.25, 0.3) is 5.91 Å². The minimum atomic E-state index is -1.12. The van der Waals surface area contributed by atoms with E-state index in [9.17, 15) is 18.4 Å². The molecule has 8 nitrogen and oxygen atoms in total. The molecule has 1 aliphatic rings. The average Bonchev–Trinajstić information content (AvgIpc) is 3.25. The number of amides is 2. The Morgan fingerprint density at radius 1 is 1.34 bits per heavy atom. The molecule has 2 heterocycles. The molecule has 1 saturated carbocycles. The summed E-state index contributed by atoms with van der Waals surface area (Å²) in [5, 5.41) is 10.6. The minimum Gasteiger partial charge on any atom is -0.310 e. The summed E-state index contributed by atoms with van der Waals surface area (Å²) in [4.78, 5) is 29.9. The highest BCUT2D eigenvalue weighted by Crippen LogP contribution is 2.36. The maximum absolute atomic E-state index is 14.6. The standard InChI is InChI=1S/C22H22F2N6O2/c1-12(2)29-10-25-28-21(29)17-5-4-6-20(26-17)27-22(32)14-8-18(13(3)7-15(14)23)30(11-31)19-9-16(19)24/h4-8,10-12,16,19H,9H2,1-3H3,(H,26,27,32)/t16-,19-/m1/s1. The second-order valence-electron chi connectivity index (χ2n) is 7.97. The van der Waals surface area contributed by atoms with Crippen LogP contribution in [0.25, 0.3) is 11.5 Å². The summed E-state index contributed by atoms with van der Waals surface area (Å²) in [7, 11) is 0. The van der Waals surface area contributed by atoms with Crippen molar-refractivity contribution in [2.24, 2.45) is 0 Å². The van der Waals surface area contributed by atoms with Crippen molar-refractivity contribution in [1.82, 2.24) is 19.7 Å². The van der Waals surface area contributed by atoms with Crippen LogP contribution < -0.4 is 10.2 Å². The first-order valence-corrected chi connectivity index (χ1v) is 10.2. The van der Waals surface area contributed by atoms with Gasteiger partial charge in [-0.05, 0) is 50.6 Å². The van der Waals surface area contributed by atoms with Crippen LogP contribution in [0, 0.1) is 12.7 Å². The van der Waals surface area contributed by atoms with E-state index in [-0.39, 0.29) is 23.8 Å². The first kappa shape index (κ1) is 21.5. The van der Waals surface area contributed by atoms with Gasteiger partial charge in [0, 0.05) is 18.2 Å². The second kappa shape index (κ2) is 8.45. The molecule has 4 rings (SSSR count). The largest absolute Gasteiger partial charge is 0.310 e. The molecular weight excluding hydrogens is 418 g/mol. The van der Waals surface area contributed by atoms with Crippen LogP contribution in [0.1, 0.15) is 42.2 Å². The number of pyridine rings is 1. The molecule has 0 bridgehead atoms. The number of nitrogens with one attached hydrogen (secondary N) is 1. The Balaban J connectivity index is 1.61. The molecule has 2 amide bonds. The number of aromatic nitrogens is 4. The lowest BCUT2D eigenvalue weighted by molar-refractivity contribution is -0.107. The Morgan fingerprint density at radius 2 is 2.09 bits per heavy atom. The van der Waals surface area contributed by atoms with E-state index >= 15 is 0 Å². The molecule has 3 aromatic rings. The van der Waals surface area contributed by atoms with Gasteiger partial charge in [0.1, 0.15) is 29.8 Å². The van der Waals surface area contributed by atoms with Gasteiger partial charge >= 0.3 is 0 Å². The summed E-state index contributed by atoms with van der Waals surface area (Å²) in [6.07, 6.45) is 1.19. The molecule has 1 aliphatic carbocycles. The van der Waals surface area contributed by atoms with Crippen LogP contribution in [0.2, 0.25) is 0 Å². The third kappa shape index (κ3) is 4.08. The molecule has 0 radical (unpaired) electrons. The van der Waals surface area contributed by atoms with Gasteiger partial charge in [-0.1, -0.05) is 6.07 Å². The second-order valence-corrected chi connectivity index (χ2v) is 7.97. The summed E-state index contributed by atoms with van der Waals surface area (Å²) in [5.41, 5.74) is 0.946. The number of anilines is 2. The molecule has 166 valence electrons. The van der Waals surface area contributed by atoms with E-state index in [0.29, 0.717) is 29.2 Å². The fraction of sp³-hybridized carbons (Fsp3) is 0.318. The molecule has 0 unspecified atom stereocenters. The Labute approximate surface area is 183 Å². The molecule has 0 aliphatic heterocycles. The van der Waals surface area contributed by atoms with Crippen molar-refractivity contribution in [3.05, 3.63) is 53.6 Å². The van der Waals surface area contributed by atoms with Crippen molar-refractivity contribution in [2.75, 3.05) is 10.2 Å². The summed E-state index contributed by atoms with van der Waals surface area (Å²) in [6, 6.07) is 6.93. The lowest BCUT2D eigenvalue weighted by Crippen LogP contribution is -2.27. The van der Waals surface area contributed by atoms with Crippen LogP contribution in [0.15, 0.2) is 36.7 Å². The number of halogens is 2. The highest BCUT2D eigenvalue weighted by molar-refractivity contribution is 6.05. The number of rotatable bonds is 7. The van der Waals surface area contributed by atoms with Crippen molar-refractivity contribution >= 4 is 23.8 Å². The zero-order valence-corrected chi connectivity index (χ0v) is 17.8. The zero-order valence-electron chi connectivity index (χ0n) is 17.8. The SMILES string of the molecule is Cc1cc(F)c(C(=O)Nc2cccc(-c3nncn3C(C)C)n2)cc1N(C=O)[C@@H]1C[C@H]1F. The number of alkyl halides is 1. The fourth-order valence-electron chi connectivity index (χ4n) is 3.48. The van der Waals surface area contributed by atoms with Crippen molar-refractivity contribution in [2.45, 2.75) is 45.4 Å². The Morgan fingerprint density at radius 3 is 2.75 bits per heavy atom. The smallest absolute Gasteiger partial charge is 0.259 e. The number of nitrogens with zero attached hydrogens (tertiary/aromatic N) is 5. The highest BCUT2D eigenvalue weighted by atomic mass is 19.1. The van der Waals surface area contributed by atoms with E-state index in [2.05, 4.69) is 20.5 Å². The fourth-order valence-corrected chi connectivity index (χ4v) is 3.48. The summed E-state index contributed by atoms with van der Waals surface area (Å²) >= 11 is 0. The Kier molecular flexibility index (Phi) is 5.68. The number of hydrogen-bond acceptors (Lipinski definition) is 5. The third-order valence-electron chi connectivity index (χ3n) is 5.31. The van der Waals surface area contributed by atoms with Crippen molar-refractivity contribution in [3.63, 3.8) is 0 Å². The lowest BCUT2D eigenvalue weighted by Gasteiger charge is -2.20. The molecule has 0 spiro atoms. The third-order valence-corrected chi connectivity index (χ3v) is 5.31. The Bertz CT molecular complexity index is 1180. The van der Waals surface area contributed by atoms with Crippen LogP contribution >= 0.6 is 0 Å². The van der Waals surface area contributed by atoms with Crippen molar-refractivity contribution in [3.8, 4) is 11.5 Å². The quantitative estimate of drug-likeness (QED) is 0.566. The summed E-state index contributed by atoms with van der Waals surface area (Å²) in [6.45, 7) is 5.55. The number of benzene rings is 1. The van der Waals surface area contributed by atoms with Gasteiger partial charge < -0.3 is 14.8 Å². The van der Waals surface area contributed by atoms with Crippen molar-refractivity contribution in [1.29, 1.82) is 0 Å². The maximum atomic E-state index is 14.6. The molecular formula is C22H22F2N6O2. The van der Waals surface area contributed by atoms with E-state index < -0.39 is 23.9 Å². The number of aryl methyl sites for hydroxylation is 1. The maximum Gasteiger partial charge on any atom is 0.259 e. The number of carbonyl (C=O) groups is 2. The molecule has 2 atom stereocenters. The summed E-state index contributed by atoms with van der Waals surface area (Å²) < 4.78 is 30.0. The molecule has 32 heavy (non-hydrogen) atoms. The van der Waals surface area contributed by atoms with Crippen LogP contribution in [-0.2, 0) is 4.79 Å². The van der Waals surface area contributed by atoms with Gasteiger partial charge in [-0.2, -0.15) is 0 Å². The summed E-state index contributed by atoms with van der Waals surface area (Å²) in [5.74, 6) is -0.757. The van der Waals surface area contributed by atoms with E-state index in [1.165, 1.54) is 11.0 Å². The molecule has 10 heteroatoms. The van der Waals surface area contributed by atoms with Crippen LogP contribution in [-0.4, -0.2) is 44.3 Å². The van der Waals surface area contributed by atoms with E-state index in [1.54, 1.807) is 31.5 Å². The topological polar surface area (TPSA) is 93.0 Å². The van der Waals surface area contributed by atoms with Gasteiger partial charge in [-0.25, -0.2) is 13.8 Å². The van der Waals surface area contributed by atoms with Crippen LogP contribution in [0.3, 0.4) is 0 Å². The molecule has 2 aromatic heterocycles. The monoisotopic (exact) mass is 440 g/mol. The van der Waals surface area contributed by atoms with Gasteiger partial charge in [0.2, 0.25) is 6.41 Å². The zero-order chi connectivity index (χ0) is 23.0. The van der Waals surface area contributed by atoms with E-state index in [0.717, 1.165) is 6.07 Å². The average molecular weight is 440 g/mol. The van der Waals surface area contributed by atoms with Gasteiger partial charge in [0.15, 0.2) is 5.82 Å².